The first-order valence-corrected chi connectivity index (χ1v) is 7.53. The molecule has 0 radical (unpaired) electrons. The second-order valence-corrected chi connectivity index (χ2v) is 6.11. The predicted molar refractivity (Wildman–Crippen MR) is 79.3 cm³/mol. The smallest absolute Gasteiger partial charge is 0.332 e. The van der Waals surface area contributed by atoms with Crippen molar-refractivity contribution < 1.29 is 0 Å². The second-order valence-electron chi connectivity index (χ2n) is 6.11. The summed E-state index contributed by atoms with van der Waals surface area (Å²) in [6.45, 7) is 0.824. The van der Waals surface area contributed by atoms with Gasteiger partial charge in [0.1, 0.15) is 11.9 Å². The summed E-state index contributed by atoms with van der Waals surface area (Å²) >= 11 is 0. The van der Waals surface area contributed by atoms with Gasteiger partial charge in [-0.1, -0.05) is 12.8 Å². The molecule has 21 heavy (non-hydrogen) atoms. The fourth-order valence-electron chi connectivity index (χ4n) is 3.94. The molecule has 2 fully saturated rings. The fourth-order valence-corrected chi connectivity index (χ4v) is 3.94. The minimum atomic E-state index is -0.491. The van der Waals surface area contributed by atoms with Crippen molar-refractivity contribution in [2.75, 3.05) is 11.4 Å². The molecule has 3 rings (SSSR count). The average molecular weight is 288 g/mol. The lowest BCUT2D eigenvalue weighted by Gasteiger charge is -2.34. The van der Waals surface area contributed by atoms with E-state index in [1.165, 1.54) is 30.9 Å². The molecule has 1 saturated carbocycles. The minimum absolute atomic E-state index is 0.0887. The molecule has 0 aromatic carbocycles. The van der Waals surface area contributed by atoms with Crippen molar-refractivity contribution in [3.63, 3.8) is 0 Å². The van der Waals surface area contributed by atoms with E-state index in [4.69, 9.17) is 0 Å². The van der Waals surface area contributed by atoms with Gasteiger partial charge in [-0.25, -0.2) is 4.79 Å². The lowest BCUT2D eigenvalue weighted by atomic mass is 9.85. The van der Waals surface area contributed by atoms with Crippen molar-refractivity contribution in [1.82, 2.24) is 9.13 Å². The molecule has 0 bridgehead atoms. The molecule has 6 nitrogen and oxygen atoms in total. The third-order valence-electron chi connectivity index (χ3n) is 5.03. The molecule has 0 amide bonds. The molecule has 0 spiro atoms. The van der Waals surface area contributed by atoms with Gasteiger partial charge < -0.3 is 4.90 Å². The summed E-state index contributed by atoms with van der Waals surface area (Å²) in [7, 11) is 3.07. The average Bonchev–Trinajstić information content (AvgIpc) is 2.92. The summed E-state index contributed by atoms with van der Waals surface area (Å²) in [5.74, 6) is 1.14. The molecular weight excluding hydrogens is 268 g/mol. The normalized spacial score (nSPS) is 24.7. The first kappa shape index (κ1) is 13.9. The van der Waals surface area contributed by atoms with Crippen LogP contribution >= 0.6 is 0 Å². The van der Waals surface area contributed by atoms with Crippen LogP contribution in [0.2, 0.25) is 0 Å². The third kappa shape index (κ3) is 1.99. The molecule has 0 N–H and O–H groups in total. The second kappa shape index (κ2) is 5.06. The van der Waals surface area contributed by atoms with Crippen LogP contribution in [0, 0.1) is 17.2 Å². The summed E-state index contributed by atoms with van der Waals surface area (Å²) in [6.07, 6.45) is 5.81. The number of anilines is 1. The Morgan fingerprint density at radius 1 is 1.10 bits per heavy atom. The summed E-state index contributed by atoms with van der Waals surface area (Å²) < 4.78 is 2.47. The zero-order chi connectivity index (χ0) is 15.1. The molecule has 1 aliphatic carbocycles. The van der Waals surface area contributed by atoms with Gasteiger partial charge in [-0.3, -0.25) is 13.9 Å². The number of fused-ring (bicyclic) bond motifs is 1. The SMILES string of the molecule is Cn1c(N2CC[C@@H]3CCCC[C@@H]32)c(C#N)c(=O)n(C)c1=O. The molecule has 1 aromatic heterocycles. The molecule has 2 heterocycles. The van der Waals surface area contributed by atoms with E-state index in [0.29, 0.717) is 17.8 Å². The topological polar surface area (TPSA) is 71.0 Å². The highest BCUT2D eigenvalue weighted by atomic mass is 16.2. The zero-order valence-electron chi connectivity index (χ0n) is 12.5. The molecule has 2 aliphatic rings. The Morgan fingerprint density at radius 3 is 2.52 bits per heavy atom. The highest BCUT2D eigenvalue weighted by molar-refractivity contribution is 5.55. The molecule has 6 heteroatoms. The van der Waals surface area contributed by atoms with Gasteiger partial charge in [0.25, 0.3) is 5.56 Å². The van der Waals surface area contributed by atoms with Gasteiger partial charge in [0, 0.05) is 26.7 Å². The van der Waals surface area contributed by atoms with Crippen molar-refractivity contribution in [2.24, 2.45) is 20.0 Å². The van der Waals surface area contributed by atoms with Gasteiger partial charge in [-0.05, 0) is 25.2 Å². The maximum atomic E-state index is 12.2. The van der Waals surface area contributed by atoms with E-state index in [1.807, 2.05) is 6.07 Å². The standard InChI is InChI=1S/C15H20N4O2/c1-17-13(11(9-16)14(20)18(2)15(17)21)19-8-7-10-5-3-4-6-12(10)19/h10,12H,3-8H2,1-2H3/t10-,12-/m0/s1. The number of rotatable bonds is 1. The minimum Gasteiger partial charge on any atom is -0.353 e. The van der Waals surface area contributed by atoms with E-state index in [-0.39, 0.29) is 11.3 Å². The first-order valence-electron chi connectivity index (χ1n) is 7.53. The summed E-state index contributed by atoms with van der Waals surface area (Å²) in [5, 5.41) is 9.39. The predicted octanol–water partition coefficient (Wildman–Crippen LogP) is 0.725. The summed E-state index contributed by atoms with van der Waals surface area (Å²) in [6, 6.07) is 2.37. The monoisotopic (exact) mass is 288 g/mol. The zero-order valence-corrected chi connectivity index (χ0v) is 12.5. The number of nitrogens with zero attached hydrogens (tertiary/aromatic N) is 4. The van der Waals surface area contributed by atoms with Crippen LogP contribution in [-0.4, -0.2) is 21.7 Å². The van der Waals surface area contributed by atoms with Gasteiger partial charge in [-0.2, -0.15) is 5.26 Å². The van der Waals surface area contributed by atoms with Crippen LogP contribution in [0.3, 0.4) is 0 Å². The van der Waals surface area contributed by atoms with Crippen molar-refractivity contribution >= 4 is 5.82 Å². The Labute approximate surface area is 123 Å². The highest BCUT2D eigenvalue weighted by Gasteiger charge is 2.38. The number of nitriles is 1. The van der Waals surface area contributed by atoms with Crippen molar-refractivity contribution in [1.29, 1.82) is 5.26 Å². The van der Waals surface area contributed by atoms with Crippen LogP contribution in [0.15, 0.2) is 9.59 Å². The molecule has 0 unspecified atom stereocenters. The van der Waals surface area contributed by atoms with Crippen molar-refractivity contribution in [3.05, 3.63) is 26.4 Å². The lowest BCUT2D eigenvalue weighted by Crippen LogP contribution is -2.45. The third-order valence-corrected chi connectivity index (χ3v) is 5.03. The molecule has 1 aliphatic heterocycles. The van der Waals surface area contributed by atoms with E-state index >= 15 is 0 Å². The summed E-state index contributed by atoms with van der Waals surface area (Å²) in [5.41, 5.74) is -0.769. The van der Waals surface area contributed by atoms with E-state index in [1.54, 1.807) is 7.05 Å². The van der Waals surface area contributed by atoms with Crippen LogP contribution in [-0.2, 0) is 14.1 Å². The van der Waals surface area contributed by atoms with Crippen LogP contribution in [0.25, 0.3) is 0 Å². The Morgan fingerprint density at radius 2 is 1.81 bits per heavy atom. The van der Waals surface area contributed by atoms with Crippen LogP contribution < -0.4 is 16.1 Å². The van der Waals surface area contributed by atoms with Crippen molar-refractivity contribution in [3.8, 4) is 6.07 Å². The maximum Gasteiger partial charge on any atom is 0.332 e. The summed E-state index contributed by atoms with van der Waals surface area (Å²) in [4.78, 5) is 26.5. The maximum absolute atomic E-state index is 12.2. The Bertz CT molecular complexity index is 725. The Balaban J connectivity index is 2.17. The van der Waals surface area contributed by atoms with Gasteiger partial charge in [-0.15, -0.1) is 0 Å². The van der Waals surface area contributed by atoms with E-state index in [2.05, 4.69) is 4.90 Å². The van der Waals surface area contributed by atoms with E-state index < -0.39 is 5.56 Å². The Kier molecular flexibility index (Phi) is 3.36. The first-order chi connectivity index (χ1) is 10.1. The largest absolute Gasteiger partial charge is 0.353 e. The van der Waals surface area contributed by atoms with Crippen LogP contribution in [0.1, 0.15) is 37.7 Å². The molecule has 1 aromatic rings. The van der Waals surface area contributed by atoms with Gasteiger partial charge >= 0.3 is 5.69 Å². The lowest BCUT2D eigenvalue weighted by molar-refractivity contribution is 0.340. The quantitative estimate of drug-likeness (QED) is 0.763. The van der Waals surface area contributed by atoms with E-state index in [9.17, 15) is 14.9 Å². The molecule has 112 valence electrons. The van der Waals surface area contributed by atoms with Gasteiger partial charge in [0.2, 0.25) is 0 Å². The van der Waals surface area contributed by atoms with E-state index in [0.717, 1.165) is 24.0 Å². The number of hydrogen-bond donors (Lipinski definition) is 0. The number of hydrogen-bond acceptors (Lipinski definition) is 4. The van der Waals surface area contributed by atoms with Crippen molar-refractivity contribution in [2.45, 2.75) is 38.1 Å². The molecule has 2 atom stereocenters. The molecule has 1 saturated heterocycles. The highest BCUT2D eigenvalue weighted by Crippen LogP contribution is 2.38. The van der Waals surface area contributed by atoms with Gasteiger partial charge in [0.05, 0.1) is 0 Å². The molecular formula is C15H20N4O2. The van der Waals surface area contributed by atoms with Gasteiger partial charge in [0.15, 0.2) is 5.56 Å². The fraction of sp³-hybridized carbons (Fsp3) is 0.667. The Hall–Kier alpha value is -2.03. The van der Waals surface area contributed by atoms with Crippen LogP contribution in [0.4, 0.5) is 5.82 Å². The number of aromatic nitrogens is 2. The van der Waals surface area contributed by atoms with Crippen LogP contribution in [0.5, 0.6) is 0 Å².